The summed E-state index contributed by atoms with van der Waals surface area (Å²) in [6, 6.07) is 6.55. The summed E-state index contributed by atoms with van der Waals surface area (Å²) in [5.74, 6) is 0.229. The van der Waals surface area contributed by atoms with Crippen LogP contribution in [0.3, 0.4) is 0 Å². The SMILES string of the molecule is CCOC(=O)c1ccc(OCC(=O)C(C)(C)C)cc1. The number of carbonyl (C=O) groups is 2. The lowest BCUT2D eigenvalue weighted by Gasteiger charge is -2.16. The Balaban J connectivity index is 2.58. The van der Waals surface area contributed by atoms with Crippen molar-refractivity contribution in [2.75, 3.05) is 13.2 Å². The molecule has 0 atom stereocenters. The minimum Gasteiger partial charge on any atom is -0.486 e. The molecule has 0 N–H and O–H groups in total. The molecule has 4 nitrogen and oxygen atoms in total. The highest BCUT2D eigenvalue weighted by atomic mass is 16.5. The molecule has 19 heavy (non-hydrogen) atoms. The molecular weight excluding hydrogens is 244 g/mol. The zero-order valence-electron chi connectivity index (χ0n) is 11.9. The van der Waals surface area contributed by atoms with Crippen LogP contribution in [-0.2, 0) is 9.53 Å². The highest BCUT2D eigenvalue weighted by molar-refractivity contribution is 5.89. The summed E-state index contributed by atoms with van der Waals surface area (Å²) in [5.41, 5.74) is 0.0570. The van der Waals surface area contributed by atoms with Gasteiger partial charge in [-0.1, -0.05) is 20.8 Å². The Kier molecular flexibility index (Phi) is 5.10. The van der Waals surface area contributed by atoms with Gasteiger partial charge in [0.05, 0.1) is 12.2 Å². The number of hydrogen-bond donors (Lipinski definition) is 0. The van der Waals surface area contributed by atoms with Crippen molar-refractivity contribution in [2.45, 2.75) is 27.7 Å². The van der Waals surface area contributed by atoms with Crippen molar-refractivity contribution in [3.63, 3.8) is 0 Å². The Morgan fingerprint density at radius 3 is 2.16 bits per heavy atom. The lowest BCUT2D eigenvalue weighted by molar-refractivity contribution is -0.128. The molecule has 1 aromatic rings. The maximum absolute atomic E-state index is 11.7. The molecule has 0 saturated carbocycles. The molecule has 0 fully saturated rings. The quantitative estimate of drug-likeness (QED) is 0.767. The van der Waals surface area contributed by atoms with Crippen LogP contribution in [0.25, 0.3) is 0 Å². The average molecular weight is 264 g/mol. The van der Waals surface area contributed by atoms with Gasteiger partial charge in [0, 0.05) is 5.41 Å². The fourth-order valence-corrected chi connectivity index (χ4v) is 1.27. The smallest absolute Gasteiger partial charge is 0.338 e. The third kappa shape index (κ3) is 4.73. The second-order valence-corrected chi connectivity index (χ2v) is 5.21. The van der Waals surface area contributed by atoms with E-state index >= 15 is 0 Å². The van der Waals surface area contributed by atoms with Crippen molar-refractivity contribution in [3.05, 3.63) is 29.8 Å². The zero-order valence-corrected chi connectivity index (χ0v) is 11.9. The second-order valence-electron chi connectivity index (χ2n) is 5.21. The van der Waals surface area contributed by atoms with Crippen LogP contribution in [-0.4, -0.2) is 25.0 Å². The van der Waals surface area contributed by atoms with Crippen molar-refractivity contribution in [1.29, 1.82) is 0 Å². The Labute approximate surface area is 113 Å². The van der Waals surface area contributed by atoms with Crippen LogP contribution < -0.4 is 4.74 Å². The standard InChI is InChI=1S/C15H20O4/c1-5-18-14(17)11-6-8-12(9-7-11)19-10-13(16)15(2,3)4/h6-9H,5,10H2,1-4H3. The van der Waals surface area contributed by atoms with Crippen molar-refractivity contribution in [2.24, 2.45) is 5.41 Å². The molecule has 0 radical (unpaired) electrons. The third-order valence-corrected chi connectivity index (χ3v) is 2.57. The number of hydrogen-bond acceptors (Lipinski definition) is 4. The van der Waals surface area contributed by atoms with Crippen LogP contribution >= 0.6 is 0 Å². The lowest BCUT2D eigenvalue weighted by atomic mass is 9.91. The van der Waals surface area contributed by atoms with E-state index in [1.54, 1.807) is 31.2 Å². The molecular formula is C15H20O4. The summed E-state index contributed by atoms with van der Waals surface area (Å²) in [4.78, 5) is 23.1. The van der Waals surface area contributed by atoms with Crippen molar-refractivity contribution < 1.29 is 19.1 Å². The maximum Gasteiger partial charge on any atom is 0.338 e. The van der Waals surface area contributed by atoms with Gasteiger partial charge in [0.25, 0.3) is 0 Å². The van der Waals surface area contributed by atoms with E-state index in [9.17, 15) is 9.59 Å². The first-order valence-electron chi connectivity index (χ1n) is 6.28. The van der Waals surface area contributed by atoms with Crippen molar-refractivity contribution in [1.82, 2.24) is 0 Å². The third-order valence-electron chi connectivity index (χ3n) is 2.57. The Morgan fingerprint density at radius 1 is 1.11 bits per heavy atom. The van der Waals surface area contributed by atoms with Crippen LogP contribution in [0.2, 0.25) is 0 Å². The maximum atomic E-state index is 11.7. The van der Waals surface area contributed by atoms with E-state index < -0.39 is 5.41 Å². The van der Waals surface area contributed by atoms with Gasteiger partial charge < -0.3 is 9.47 Å². The van der Waals surface area contributed by atoms with Crippen LogP contribution in [0.1, 0.15) is 38.1 Å². The minimum absolute atomic E-state index is 0.0296. The lowest BCUT2D eigenvalue weighted by Crippen LogP contribution is -2.26. The Morgan fingerprint density at radius 2 is 1.68 bits per heavy atom. The summed E-state index contributed by atoms with van der Waals surface area (Å²) in [7, 11) is 0. The van der Waals surface area contributed by atoms with E-state index in [0.29, 0.717) is 17.9 Å². The Bertz CT molecular complexity index is 440. The van der Waals surface area contributed by atoms with Crippen LogP contribution in [0.15, 0.2) is 24.3 Å². The molecule has 0 spiro atoms. The summed E-state index contributed by atoms with van der Waals surface area (Å²) in [6.45, 7) is 7.68. The van der Waals surface area contributed by atoms with E-state index in [2.05, 4.69) is 0 Å². The van der Waals surface area contributed by atoms with Gasteiger partial charge in [-0.2, -0.15) is 0 Å². The van der Waals surface area contributed by atoms with E-state index in [4.69, 9.17) is 9.47 Å². The van der Waals surface area contributed by atoms with E-state index in [0.717, 1.165) is 0 Å². The zero-order chi connectivity index (χ0) is 14.5. The predicted molar refractivity (Wildman–Crippen MR) is 72.4 cm³/mol. The van der Waals surface area contributed by atoms with E-state index in [1.165, 1.54) is 0 Å². The molecule has 0 saturated heterocycles. The molecule has 0 heterocycles. The van der Waals surface area contributed by atoms with Gasteiger partial charge in [-0.05, 0) is 31.2 Å². The van der Waals surface area contributed by atoms with Gasteiger partial charge in [0.2, 0.25) is 0 Å². The molecule has 1 rings (SSSR count). The topological polar surface area (TPSA) is 52.6 Å². The van der Waals surface area contributed by atoms with Crippen LogP contribution in [0.5, 0.6) is 5.75 Å². The number of rotatable bonds is 5. The first kappa shape index (κ1) is 15.2. The number of Topliss-reactive ketones (excluding diaryl/α,β-unsaturated/α-hetero) is 1. The number of carbonyl (C=O) groups excluding carboxylic acids is 2. The molecule has 0 amide bonds. The number of ether oxygens (including phenoxy) is 2. The summed E-state index contributed by atoms with van der Waals surface area (Å²) in [5, 5.41) is 0. The number of esters is 1. The number of benzene rings is 1. The first-order chi connectivity index (χ1) is 8.84. The molecule has 104 valence electrons. The second kappa shape index (κ2) is 6.36. The summed E-state index contributed by atoms with van der Waals surface area (Å²) < 4.78 is 10.3. The monoisotopic (exact) mass is 264 g/mol. The highest BCUT2D eigenvalue weighted by Gasteiger charge is 2.21. The van der Waals surface area contributed by atoms with Gasteiger partial charge in [-0.15, -0.1) is 0 Å². The van der Waals surface area contributed by atoms with Gasteiger partial charge in [0.1, 0.15) is 12.4 Å². The largest absolute Gasteiger partial charge is 0.486 e. The van der Waals surface area contributed by atoms with Crippen molar-refractivity contribution in [3.8, 4) is 5.75 Å². The molecule has 0 aromatic heterocycles. The highest BCUT2D eigenvalue weighted by Crippen LogP contribution is 2.17. The Hall–Kier alpha value is -1.84. The van der Waals surface area contributed by atoms with Gasteiger partial charge >= 0.3 is 5.97 Å². The normalized spacial score (nSPS) is 10.9. The fraction of sp³-hybridized carbons (Fsp3) is 0.467. The molecule has 0 unspecified atom stereocenters. The molecule has 0 bridgehead atoms. The summed E-state index contributed by atoms with van der Waals surface area (Å²) >= 11 is 0. The van der Waals surface area contributed by atoms with E-state index in [1.807, 2.05) is 20.8 Å². The summed E-state index contributed by atoms with van der Waals surface area (Å²) in [6.07, 6.45) is 0. The van der Waals surface area contributed by atoms with Crippen LogP contribution in [0, 0.1) is 5.41 Å². The number of ketones is 1. The fourth-order valence-electron chi connectivity index (χ4n) is 1.27. The molecule has 0 aliphatic heterocycles. The minimum atomic E-state index is -0.412. The predicted octanol–water partition coefficient (Wildman–Crippen LogP) is 2.86. The molecule has 4 heteroatoms. The molecule has 1 aromatic carbocycles. The van der Waals surface area contributed by atoms with Crippen LogP contribution in [0.4, 0.5) is 0 Å². The van der Waals surface area contributed by atoms with Gasteiger partial charge in [-0.25, -0.2) is 4.79 Å². The van der Waals surface area contributed by atoms with Crippen molar-refractivity contribution >= 4 is 11.8 Å². The molecule has 0 aliphatic rings. The average Bonchev–Trinajstić information content (AvgIpc) is 2.35. The molecule has 0 aliphatic carbocycles. The first-order valence-corrected chi connectivity index (χ1v) is 6.28. The van der Waals surface area contributed by atoms with Gasteiger partial charge in [-0.3, -0.25) is 4.79 Å². The van der Waals surface area contributed by atoms with Gasteiger partial charge in [0.15, 0.2) is 5.78 Å². The van der Waals surface area contributed by atoms with E-state index in [-0.39, 0.29) is 18.4 Å².